The molecule has 0 bridgehead atoms. The van der Waals surface area contributed by atoms with Crippen LogP contribution in [0, 0.1) is 5.41 Å². The molecule has 1 aliphatic heterocycles. The monoisotopic (exact) mass is 376 g/mol. The standard InChI is InChI=1S/C14H20N2O6S2/c1-16(2)24(20,21)10-3-8-23-11(10)12(17)15-9-14(13(18)19)4-6-22-7-5-14/h3,8H,4-7,9H2,1-2H3,(H,15,17)(H,18,19). The molecular formula is C14H20N2O6S2. The number of aliphatic carboxylic acids is 1. The molecule has 8 nitrogen and oxygen atoms in total. The van der Waals surface area contributed by atoms with Gasteiger partial charge in [-0.25, -0.2) is 12.7 Å². The molecule has 0 aliphatic carbocycles. The van der Waals surface area contributed by atoms with Crippen molar-refractivity contribution in [3.05, 3.63) is 16.3 Å². The fraction of sp³-hybridized carbons (Fsp3) is 0.571. The van der Waals surface area contributed by atoms with Crippen LogP contribution in [0.3, 0.4) is 0 Å². The van der Waals surface area contributed by atoms with Crippen LogP contribution in [-0.4, -0.2) is 63.6 Å². The van der Waals surface area contributed by atoms with Crippen LogP contribution in [0.15, 0.2) is 16.3 Å². The molecule has 2 rings (SSSR count). The van der Waals surface area contributed by atoms with Crippen LogP contribution in [0.1, 0.15) is 22.5 Å². The van der Waals surface area contributed by atoms with Crippen molar-refractivity contribution in [2.45, 2.75) is 17.7 Å². The summed E-state index contributed by atoms with van der Waals surface area (Å²) in [5.74, 6) is -1.57. The van der Waals surface area contributed by atoms with Crippen molar-refractivity contribution in [2.24, 2.45) is 5.41 Å². The van der Waals surface area contributed by atoms with E-state index in [2.05, 4.69) is 5.32 Å². The zero-order valence-electron chi connectivity index (χ0n) is 13.4. The summed E-state index contributed by atoms with van der Waals surface area (Å²) >= 11 is 1.01. The predicted molar refractivity (Wildman–Crippen MR) is 87.6 cm³/mol. The lowest BCUT2D eigenvalue weighted by Gasteiger charge is -2.33. The first-order chi connectivity index (χ1) is 11.2. The van der Waals surface area contributed by atoms with Gasteiger partial charge in [0.1, 0.15) is 9.77 Å². The van der Waals surface area contributed by atoms with E-state index in [0.717, 1.165) is 15.6 Å². The fourth-order valence-electron chi connectivity index (χ4n) is 2.42. The van der Waals surface area contributed by atoms with E-state index in [9.17, 15) is 23.1 Å². The van der Waals surface area contributed by atoms with E-state index in [1.165, 1.54) is 25.5 Å². The summed E-state index contributed by atoms with van der Waals surface area (Å²) < 4.78 is 30.7. The van der Waals surface area contributed by atoms with Gasteiger partial charge in [0.05, 0.1) is 5.41 Å². The Kier molecular flexibility index (Phi) is 5.63. The number of nitrogens with one attached hydrogen (secondary N) is 1. The van der Waals surface area contributed by atoms with E-state index < -0.39 is 27.3 Å². The van der Waals surface area contributed by atoms with Gasteiger partial charge in [0, 0.05) is 33.9 Å². The summed E-state index contributed by atoms with van der Waals surface area (Å²) in [7, 11) is -0.967. The number of thiophene rings is 1. The number of carboxylic acids is 1. The number of hydrogen-bond acceptors (Lipinski definition) is 6. The Morgan fingerprint density at radius 1 is 1.38 bits per heavy atom. The maximum absolute atomic E-state index is 12.4. The smallest absolute Gasteiger partial charge is 0.311 e. The third-order valence-electron chi connectivity index (χ3n) is 4.08. The maximum Gasteiger partial charge on any atom is 0.311 e. The van der Waals surface area contributed by atoms with Crippen LogP contribution in [0.25, 0.3) is 0 Å². The second-order valence-corrected chi connectivity index (χ2v) is 8.82. The number of sulfonamides is 1. The Hall–Kier alpha value is -1.49. The first kappa shape index (κ1) is 18.8. The molecule has 1 aromatic rings. The topological polar surface area (TPSA) is 113 Å². The molecule has 0 saturated carbocycles. The maximum atomic E-state index is 12.4. The van der Waals surface area contributed by atoms with Crippen molar-refractivity contribution >= 4 is 33.2 Å². The van der Waals surface area contributed by atoms with Crippen LogP contribution in [0.5, 0.6) is 0 Å². The average molecular weight is 376 g/mol. The summed E-state index contributed by atoms with van der Waals surface area (Å²) in [4.78, 5) is 24.0. The van der Waals surface area contributed by atoms with Crippen LogP contribution >= 0.6 is 11.3 Å². The predicted octanol–water partition coefficient (Wildman–Crippen LogP) is 0.610. The summed E-state index contributed by atoms with van der Waals surface area (Å²) in [5.41, 5.74) is -1.08. The summed E-state index contributed by atoms with van der Waals surface area (Å²) in [6, 6.07) is 1.37. The molecule has 24 heavy (non-hydrogen) atoms. The molecule has 134 valence electrons. The highest BCUT2D eigenvalue weighted by Gasteiger charge is 2.40. The Bertz CT molecular complexity index is 719. The molecule has 0 atom stereocenters. The van der Waals surface area contributed by atoms with Gasteiger partial charge in [-0.1, -0.05) is 0 Å². The lowest BCUT2D eigenvalue weighted by Crippen LogP contribution is -2.46. The van der Waals surface area contributed by atoms with E-state index in [-0.39, 0.29) is 16.3 Å². The van der Waals surface area contributed by atoms with Crippen molar-refractivity contribution in [3.63, 3.8) is 0 Å². The van der Waals surface area contributed by atoms with Gasteiger partial charge < -0.3 is 15.2 Å². The summed E-state index contributed by atoms with van der Waals surface area (Å²) in [5, 5.41) is 13.6. The van der Waals surface area contributed by atoms with Crippen molar-refractivity contribution in [1.29, 1.82) is 0 Å². The van der Waals surface area contributed by atoms with E-state index in [1.807, 2.05) is 0 Å². The Morgan fingerprint density at radius 3 is 2.54 bits per heavy atom. The highest BCUT2D eigenvalue weighted by Crippen LogP contribution is 2.31. The van der Waals surface area contributed by atoms with Gasteiger partial charge in [-0.2, -0.15) is 0 Å². The van der Waals surface area contributed by atoms with Crippen molar-refractivity contribution in [2.75, 3.05) is 33.9 Å². The van der Waals surface area contributed by atoms with Crippen LogP contribution in [0.2, 0.25) is 0 Å². The highest BCUT2D eigenvalue weighted by molar-refractivity contribution is 7.89. The Balaban J connectivity index is 2.17. The average Bonchev–Trinajstić information content (AvgIpc) is 3.03. The number of carbonyl (C=O) groups is 2. The highest BCUT2D eigenvalue weighted by atomic mass is 32.2. The van der Waals surface area contributed by atoms with Crippen LogP contribution < -0.4 is 5.32 Å². The third kappa shape index (κ3) is 3.61. The van der Waals surface area contributed by atoms with E-state index >= 15 is 0 Å². The molecule has 1 fully saturated rings. The molecule has 0 unspecified atom stereocenters. The van der Waals surface area contributed by atoms with Gasteiger partial charge in [0.25, 0.3) is 5.91 Å². The number of carbonyl (C=O) groups excluding carboxylic acids is 1. The van der Waals surface area contributed by atoms with Gasteiger partial charge in [-0.05, 0) is 24.3 Å². The molecule has 0 radical (unpaired) electrons. The number of nitrogens with zero attached hydrogens (tertiary/aromatic N) is 1. The molecule has 1 aliphatic rings. The van der Waals surface area contributed by atoms with E-state index in [0.29, 0.717) is 26.1 Å². The minimum Gasteiger partial charge on any atom is -0.481 e. The van der Waals surface area contributed by atoms with Crippen molar-refractivity contribution in [1.82, 2.24) is 9.62 Å². The lowest BCUT2D eigenvalue weighted by molar-refractivity contribution is -0.154. The number of ether oxygens (including phenoxy) is 1. The number of rotatable bonds is 6. The van der Waals surface area contributed by atoms with Gasteiger partial charge in [-0.3, -0.25) is 9.59 Å². The zero-order valence-corrected chi connectivity index (χ0v) is 15.1. The minimum absolute atomic E-state index is 0.0521. The number of carboxylic acid groups (broad SMARTS) is 1. The van der Waals surface area contributed by atoms with Crippen LogP contribution in [-0.2, 0) is 19.6 Å². The molecule has 0 aromatic carbocycles. The van der Waals surface area contributed by atoms with Crippen molar-refractivity contribution < 1.29 is 27.9 Å². The van der Waals surface area contributed by atoms with Gasteiger partial charge >= 0.3 is 5.97 Å². The normalized spacial score (nSPS) is 17.6. The SMILES string of the molecule is CN(C)S(=O)(=O)c1ccsc1C(=O)NCC1(C(=O)O)CCOCC1. The molecule has 1 aromatic heterocycles. The molecular weight excluding hydrogens is 356 g/mol. The number of amides is 1. The molecule has 2 N–H and O–H groups in total. The minimum atomic E-state index is -3.74. The van der Waals surface area contributed by atoms with Crippen LogP contribution in [0.4, 0.5) is 0 Å². The van der Waals surface area contributed by atoms with Gasteiger partial charge in [0.2, 0.25) is 10.0 Å². The Morgan fingerprint density at radius 2 is 2.00 bits per heavy atom. The van der Waals surface area contributed by atoms with Gasteiger partial charge in [-0.15, -0.1) is 11.3 Å². The van der Waals surface area contributed by atoms with Crippen molar-refractivity contribution in [3.8, 4) is 0 Å². The zero-order chi connectivity index (χ0) is 18.0. The second kappa shape index (κ2) is 7.18. The largest absolute Gasteiger partial charge is 0.481 e. The first-order valence-electron chi connectivity index (χ1n) is 7.30. The molecule has 2 heterocycles. The lowest BCUT2D eigenvalue weighted by atomic mass is 9.80. The fourth-order valence-corrected chi connectivity index (χ4v) is 4.63. The second-order valence-electron chi connectivity index (χ2n) is 5.78. The quantitative estimate of drug-likeness (QED) is 0.752. The number of hydrogen-bond donors (Lipinski definition) is 2. The first-order valence-corrected chi connectivity index (χ1v) is 9.62. The van der Waals surface area contributed by atoms with Gasteiger partial charge in [0.15, 0.2) is 0 Å². The summed E-state index contributed by atoms with van der Waals surface area (Å²) in [6.45, 7) is 0.576. The molecule has 1 amide bonds. The van der Waals surface area contributed by atoms with E-state index in [1.54, 1.807) is 0 Å². The van der Waals surface area contributed by atoms with E-state index in [4.69, 9.17) is 4.74 Å². The molecule has 0 spiro atoms. The third-order valence-corrected chi connectivity index (χ3v) is 6.98. The Labute approximate surface area is 144 Å². The molecule has 10 heteroatoms. The summed E-state index contributed by atoms with van der Waals surface area (Å²) in [6.07, 6.45) is 0.603. The molecule has 1 saturated heterocycles.